The van der Waals surface area contributed by atoms with Crippen molar-refractivity contribution in [2.45, 2.75) is 52.0 Å². The topological polar surface area (TPSA) is 49.3 Å². The van der Waals surface area contributed by atoms with Gasteiger partial charge >= 0.3 is 0 Å². The number of hydrogen-bond donors (Lipinski definition) is 2. The molecule has 1 rings (SSSR count). The molecule has 0 radical (unpaired) electrons. The third kappa shape index (κ3) is 4.07. The molecule has 1 unspecified atom stereocenters. The lowest BCUT2D eigenvalue weighted by Crippen LogP contribution is -2.29. The quantitative estimate of drug-likeness (QED) is 0.565. The van der Waals surface area contributed by atoms with Gasteiger partial charge in [-0.3, -0.25) is 4.55 Å². The molecule has 1 saturated carbocycles. The Morgan fingerprint density at radius 1 is 1.29 bits per heavy atom. The smallest absolute Gasteiger partial charge is 0.231 e. The first-order valence-electron chi connectivity index (χ1n) is 5.46. The van der Waals surface area contributed by atoms with E-state index < -0.39 is 11.3 Å². The zero-order valence-electron chi connectivity index (χ0n) is 9.03. The highest BCUT2D eigenvalue weighted by Gasteiger charge is 2.21. The fourth-order valence-electron chi connectivity index (χ4n) is 2.26. The van der Waals surface area contributed by atoms with Crippen LogP contribution in [-0.4, -0.2) is 14.8 Å². The van der Waals surface area contributed by atoms with Gasteiger partial charge in [-0.1, -0.05) is 26.7 Å². The maximum Gasteiger partial charge on any atom is 0.231 e. The molecule has 84 valence electrons. The fraction of sp³-hybridized carbons (Fsp3) is 1.00. The molecule has 0 saturated heterocycles. The van der Waals surface area contributed by atoms with Crippen molar-refractivity contribution in [2.24, 2.45) is 11.8 Å². The summed E-state index contributed by atoms with van der Waals surface area (Å²) in [6, 6.07) is 0.240. The lowest BCUT2D eigenvalue weighted by molar-refractivity contribution is 0.340. The Bertz CT molecular complexity index is 197. The third-order valence-corrected chi connectivity index (χ3v) is 3.76. The van der Waals surface area contributed by atoms with Crippen LogP contribution in [0.25, 0.3) is 0 Å². The second-order valence-electron chi connectivity index (χ2n) is 4.58. The van der Waals surface area contributed by atoms with Gasteiger partial charge in [-0.15, -0.1) is 0 Å². The van der Waals surface area contributed by atoms with Crippen molar-refractivity contribution in [3.8, 4) is 0 Å². The van der Waals surface area contributed by atoms with Crippen LogP contribution in [-0.2, 0) is 11.3 Å². The van der Waals surface area contributed by atoms with Crippen molar-refractivity contribution in [3.05, 3.63) is 0 Å². The molecular formula is C10H21NO2S. The molecule has 0 aromatic rings. The van der Waals surface area contributed by atoms with E-state index in [2.05, 4.69) is 18.6 Å². The molecular weight excluding hydrogens is 198 g/mol. The Morgan fingerprint density at radius 2 is 2.00 bits per heavy atom. The van der Waals surface area contributed by atoms with Gasteiger partial charge in [-0.25, -0.2) is 8.93 Å². The minimum Gasteiger partial charge on any atom is -0.294 e. The summed E-state index contributed by atoms with van der Waals surface area (Å²) >= 11 is -1.84. The highest BCUT2D eigenvalue weighted by molar-refractivity contribution is 7.77. The van der Waals surface area contributed by atoms with Gasteiger partial charge in [0.05, 0.1) is 0 Å². The Kier molecular flexibility index (Phi) is 5.06. The molecule has 0 aromatic carbocycles. The summed E-state index contributed by atoms with van der Waals surface area (Å²) in [5.74, 6) is 1.54. The zero-order valence-corrected chi connectivity index (χ0v) is 9.85. The molecule has 0 aromatic heterocycles. The zero-order chi connectivity index (χ0) is 10.6. The third-order valence-electron chi connectivity index (χ3n) is 3.22. The van der Waals surface area contributed by atoms with Gasteiger partial charge in [-0.2, -0.15) is 0 Å². The van der Waals surface area contributed by atoms with Crippen LogP contribution < -0.4 is 4.72 Å². The van der Waals surface area contributed by atoms with E-state index in [-0.39, 0.29) is 6.04 Å². The number of hydrogen-bond acceptors (Lipinski definition) is 1. The Balaban J connectivity index is 2.36. The van der Waals surface area contributed by atoms with Crippen molar-refractivity contribution in [1.82, 2.24) is 4.72 Å². The molecule has 0 amide bonds. The molecule has 0 spiro atoms. The van der Waals surface area contributed by atoms with E-state index in [0.29, 0.717) is 0 Å². The number of nitrogens with one attached hydrogen (secondary N) is 1. The molecule has 0 aliphatic heterocycles. The van der Waals surface area contributed by atoms with E-state index in [9.17, 15) is 4.21 Å². The van der Waals surface area contributed by atoms with Crippen LogP contribution in [0.3, 0.4) is 0 Å². The summed E-state index contributed by atoms with van der Waals surface area (Å²) in [4.78, 5) is 0. The van der Waals surface area contributed by atoms with Gasteiger partial charge in [0.15, 0.2) is 0 Å². The highest BCUT2D eigenvalue weighted by Crippen LogP contribution is 2.28. The summed E-state index contributed by atoms with van der Waals surface area (Å²) in [7, 11) is 0. The molecule has 14 heavy (non-hydrogen) atoms. The molecule has 3 atom stereocenters. The van der Waals surface area contributed by atoms with Crippen molar-refractivity contribution in [3.63, 3.8) is 0 Å². The van der Waals surface area contributed by atoms with Crippen molar-refractivity contribution in [2.75, 3.05) is 0 Å². The van der Waals surface area contributed by atoms with Crippen LogP contribution in [0.15, 0.2) is 0 Å². The van der Waals surface area contributed by atoms with Gasteiger partial charge in [-0.05, 0) is 31.1 Å². The monoisotopic (exact) mass is 219 g/mol. The van der Waals surface area contributed by atoms with Crippen LogP contribution in [0, 0.1) is 11.8 Å². The van der Waals surface area contributed by atoms with Crippen molar-refractivity contribution >= 4 is 11.3 Å². The van der Waals surface area contributed by atoms with Crippen LogP contribution in [0.2, 0.25) is 0 Å². The van der Waals surface area contributed by atoms with E-state index in [0.717, 1.165) is 24.7 Å². The molecule has 1 aliphatic rings. The molecule has 0 heterocycles. The van der Waals surface area contributed by atoms with E-state index in [1.165, 1.54) is 19.3 Å². The van der Waals surface area contributed by atoms with Crippen LogP contribution >= 0.6 is 0 Å². The van der Waals surface area contributed by atoms with Crippen LogP contribution in [0.4, 0.5) is 0 Å². The van der Waals surface area contributed by atoms with E-state index in [1.807, 2.05) is 0 Å². The van der Waals surface area contributed by atoms with E-state index in [1.54, 1.807) is 0 Å². The normalized spacial score (nSPS) is 31.4. The van der Waals surface area contributed by atoms with Gasteiger partial charge in [0.2, 0.25) is 11.3 Å². The fourth-order valence-corrected chi connectivity index (χ4v) is 2.78. The molecule has 2 N–H and O–H groups in total. The summed E-state index contributed by atoms with van der Waals surface area (Å²) in [5.41, 5.74) is 0. The van der Waals surface area contributed by atoms with Gasteiger partial charge in [0, 0.05) is 6.04 Å². The first-order chi connectivity index (χ1) is 6.59. The Morgan fingerprint density at radius 3 is 2.57 bits per heavy atom. The summed E-state index contributed by atoms with van der Waals surface area (Å²) in [6.45, 7) is 4.53. The molecule has 1 fully saturated rings. The summed E-state index contributed by atoms with van der Waals surface area (Å²) in [5, 5.41) is 0. The van der Waals surface area contributed by atoms with Gasteiger partial charge in [0.1, 0.15) is 0 Å². The first-order valence-corrected chi connectivity index (χ1v) is 6.57. The summed E-state index contributed by atoms with van der Waals surface area (Å²) < 4.78 is 22.0. The maximum absolute atomic E-state index is 10.6. The van der Waals surface area contributed by atoms with Gasteiger partial charge < -0.3 is 0 Å². The Labute approximate surface area is 89.1 Å². The number of rotatable bonds is 3. The molecule has 0 bridgehead atoms. The van der Waals surface area contributed by atoms with Gasteiger partial charge in [0.25, 0.3) is 0 Å². The second kappa shape index (κ2) is 5.83. The summed E-state index contributed by atoms with van der Waals surface area (Å²) in [6.07, 6.45) is 5.71. The second-order valence-corrected chi connectivity index (χ2v) is 5.31. The minimum absolute atomic E-state index is 0.240. The van der Waals surface area contributed by atoms with Crippen LogP contribution in [0.1, 0.15) is 46.0 Å². The Hall–Kier alpha value is 0.0700. The molecule has 3 nitrogen and oxygen atoms in total. The van der Waals surface area contributed by atoms with E-state index >= 15 is 0 Å². The first kappa shape index (κ1) is 12.1. The maximum atomic E-state index is 10.6. The van der Waals surface area contributed by atoms with Crippen LogP contribution in [0.5, 0.6) is 0 Å². The molecule has 1 aliphatic carbocycles. The lowest BCUT2D eigenvalue weighted by atomic mass is 9.89. The highest BCUT2D eigenvalue weighted by atomic mass is 32.2. The predicted molar refractivity (Wildman–Crippen MR) is 59.1 cm³/mol. The minimum atomic E-state index is -1.84. The van der Waals surface area contributed by atoms with Crippen molar-refractivity contribution < 1.29 is 8.76 Å². The molecule has 4 heteroatoms. The predicted octanol–water partition coefficient (Wildman–Crippen LogP) is 2.32. The van der Waals surface area contributed by atoms with E-state index in [4.69, 9.17) is 4.55 Å². The lowest BCUT2D eigenvalue weighted by Gasteiger charge is -2.18. The van der Waals surface area contributed by atoms with Crippen molar-refractivity contribution in [1.29, 1.82) is 0 Å². The standard InChI is InChI=1S/C10H21NO2S/c1-8(2)9-4-3-5-10(7-6-9)11-14(12)13/h8-11H,3-7H2,1-2H3,(H,12,13)/t9-,10+/m0/s1. The average molecular weight is 219 g/mol. The SMILES string of the molecule is CC(C)[C@H]1CCC[C@@H](NS(=O)O)CC1. The average Bonchev–Trinajstić information content (AvgIpc) is 2.28. The largest absolute Gasteiger partial charge is 0.294 e.